The molecule has 0 aliphatic carbocycles. The number of hydrogen-bond donors (Lipinski definition) is 1. The van der Waals surface area contributed by atoms with Crippen LogP contribution >= 0.6 is 12.6 Å². The summed E-state index contributed by atoms with van der Waals surface area (Å²) in [6.45, 7) is 7.20. The Balaban J connectivity index is 1.60. The first kappa shape index (κ1) is 27.1. The molecule has 196 valence electrons. The zero-order valence-corrected chi connectivity index (χ0v) is 23.7. The largest absolute Gasteiger partial charge is 0.497 e. The quantitative estimate of drug-likeness (QED) is 0.391. The van der Waals surface area contributed by atoms with Gasteiger partial charge in [-0.15, -0.1) is 0 Å². The molecule has 37 heavy (non-hydrogen) atoms. The molecule has 1 aliphatic rings. The molecule has 0 aromatic heterocycles. The van der Waals surface area contributed by atoms with Crippen molar-refractivity contribution in [1.29, 1.82) is 0 Å². The molecule has 3 aromatic carbocycles. The minimum atomic E-state index is -3.78. The molecule has 2 unspecified atom stereocenters. The van der Waals surface area contributed by atoms with Gasteiger partial charge >= 0.3 is 0 Å². The molecule has 0 bridgehead atoms. The maximum Gasteiger partial charge on any atom is 0.245 e. The van der Waals surface area contributed by atoms with Crippen molar-refractivity contribution in [3.8, 4) is 22.6 Å². The lowest BCUT2D eigenvalue weighted by atomic mass is 9.89. The van der Waals surface area contributed by atoms with Gasteiger partial charge in [-0.05, 0) is 62.1 Å². The maximum absolute atomic E-state index is 13.2. The van der Waals surface area contributed by atoms with Crippen LogP contribution in [0.4, 0.5) is 0 Å². The van der Waals surface area contributed by atoms with Gasteiger partial charge in [-0.25, -0.2) is 12.7 Å². The number of amides is 1. The van der Waals surface area contributed by atoms with Gasteiger partial charge in [0.1, 0.15) is 16.7 Å². The molecule has 6 nitrogen and oxygen atoms in total. The summed E-state index contributed by atoms with van der Waals surface area (Å²) in [4.78, 5) is 12.6. The van der Waals surface area contributed by atoms with Crippen molar-refractivity contribution >= 4 is 28.6 Å². The first-order valence-corrected chi connectivity index (χ1v) is 14.0. The number of nitrogens with zero attached hydrogens (tertiary/aromatic N) is 1. The van der Waals surface area contributed by atoms with Crippen LogP contribution in [0.2, 0.25) is 0 Å². The van der Waals surface area contributed by atoms with Gasteiger partial charge in [-0.3, -0.25) is 4.79 Å². The normalized spacial score (nSPS) is 18.9. The van der Waals surface area contributed by atoms with Crippen LogP contribution in [0.25, 0.3) is 11.1 Å². The fourth-order valence-electron chi connectivity index (χ4n) is 4.86. The van der Waals surface area contributed by atoms with Crippen molar-refractivity contribution in [2.75, 3.05) is 14.2 Å². The molecule has 1 fully saturated rings. The molecule has 3 aromatic rings. The molecule has 0 saturated carbocycles. The van der Waals surface area contributed by atoms with Gasteiger partial charge in [0.15, 0.2) is 0 Å². The van der Waals surface area contributed by atoms with Gasteiger partial charge in [0, 0.05) is 11.6 Å². The monoisotopic (exact) mass is 539 g/mol. The fourth-order valence-corrected chi connectivity index (χ4v) is 7.39. The number of carbonyl (C=O) groups is 1. The van der Waals surface area contributed by atoms with Gasteiger partial charge in [-0.2, -0.15) is 12.6 Å². The Labute approximate surface area is 225 Å². The highest BCUT2D eigenvalue weighted by molar-refractivity contribution is 7.90. The summed E-state index contributed by atoms with van der Waals surface area (Å²) in [6, 6.07) is 21.2. The summed E-state index contributed by atoms with van der Waals surface area (Å²) in [5.74, 6) is 1.08. The topological polar surface area (TPSA) is 72.9 Å². The fraction of sp³-hybridized carbons (Fsp3) is 0.345. The van der Waals surface area contributed by atoms with E-state index < -0.39 is 25.6 Å². The summed E-state index contributed by atoms with van der Waals surface area (Å²) in [7, 11) is -0.529. The van der Waals surface area contributed by atoms with Gasteiger partial charge in [0.25, 0.3) is 0 Å². The van der Waals surface area contributed by atoms with Gasteiger partial charge in [0.2, 0.25) is 15.9 Å². The van der Waals surface area contributed by atoms with E-state index >= 15 is 0 Å². The molecule has 1 aliphatic heterocycles. The number of ether oxygens (including phenoxy) is 2. The van der Waals surface area contributed by atoms with Crippen molar-refractivity contribution < 1.29 is 22.7 Å². The highest BCUT2D eigenvalue weighted by Crippen LogP contribution is 2.42. The number of rotatable bonds is 6. The summed E-state index contributed by atoms with van der Waals surface area (Å²) in [5, 5.41) is -0.877. The van der Waals surface area contributed by atoms with E-state index in [2.05, 4.69) is 0 Å². The number of carbonyl (C=O) groups excluding carboxylic acids is 1. The number of sulfonamides is 1. The van der Waals surface area contributed by atoms with Gasteiger partial charge in [-0.1, -0.05) is 48.5 Å². The highest BCUT2D eigenvalue weighted by atomic mass is 32.2. The zero-order valence-electron chi connectivity index (χ0n) is 22.0. The first-order valence-electron chi connectivity index (χ1n) is 12.0. The molecule has 0 radical (unpaired) electrons. The Kier molecular flexibility index (Phi) is 7.12. The van der Waals surface area contributed by atoms with Crippen LogP contribution in [0.15, 0.2) is 66.7 Å². The number of thiol groups is 1. The molecular formula is C29H33NO5S2. The van der Waals surface area contributed by atoms with Crippen molar-refractivity contribution in [1.82, 2.24) is 4.31 Å². The minimum Gasteiger partial charge on any atom is -0.497 e. The summed E-state index contributed by atoms with van der Waals surface area (Å²) >= 11 is 4.97. The van der Waals surface area contributed by atoms with E-state index in [1.54, 1.807) is 47.1 Å². The Bertz CT molecular complexity index is 1410. The summed E-state index contributed by atoms with van der Waals surface area (Å²) in [5.41, 5.74) is 3.68. The number of hydrogen-bond acceptors (Lipinski definition) is 6. The molecule has 1 saturated heterocycles. The van der Waals surface area contributed by atoms with Crippen LogP contribution in [-0.4, -0.2) is 38.4 Å². The third kappa shape index (κ3) is 4.97. The Morgan fingerprint density at radius 3 is 1.92 bits per heavy atom. The van der Waals surface area contributed by atoms with Crippen molar-refractivity contribution in [2.24, 2.45) is 0 Å². The lowest BCUT2D eigenvalue weighted by Gasteiger charge is -2.31. The Morgan fingerprint density at radius 1 is 0.865 bits per heavy atom. The predicted molar refractivity (Wildman–Crippen MR) is 150 cm³/mol. The molecule has 1 heterocycles. The lowest BCUT2D eigenvalue weighted by molar-refractivity contribution is -0.128. The van der Waals surface area contributed by atoms with Crippen LogP contribution in [0.1, 0.15) is 56.1 Å². The first-order chi connectivity index (χ1) is 17.3. The van der Waals surface area contributed by atoms with Crippen molar-refractivity contribution in [3.63, 3.8) is 0 Å². The van der Waals surface area contributed by atoms with Crippen LogP contribution in [0, 0.1) is 0 Å². The van der Waals surface area contributed by atoms with Crippen LogP contribution in [0.5, 0.6) is 11.5 Å². The molecule has 2 atom stereocenters. The van der Waals surface area contributed by atoms with E-state index in [4.69, 9.17) is 22.1 Å². The second-order valence-corrected chi connectivity index (χ2v) is 13.3. The van der Waals surface area contributed by atoms with Crippen LogP contribution in [0.3, 0.4) is 0 Å². The van der Waals surface area contributed by atoms with E-state index in [-0.39, 0.29) is 12.3 Å². The zero-order chi connectivity index (χ0) is 27.2. The van der Waals surface area contributed by atoms with E-state index in [1.165, 1.54) is 0 Å². The van der Waals surface area contributed by atoms with Crippen molar-refractivity contribution in [2.45, 2.75) is 49.7 Å². The second kappa shape index (κ2) is 9.72. The predicted octanol–water partition coefficient (Wildman–Crippen LogP) is 5.97. The standard InChI is InChI=1S/C29H33NO5S2/c1-28(2,3)30-27(31)18-26(37(30,32)33)20-9-13-22(14-10-20)29(4,36)21-11-7-19(8-12-21)24-16-15-23(34-5)17-25(24)35-6/h7-17,26,36H,18H2,1-6H3. The van der Waals surface area contributed by atoms with E-state index in [0.717, 1.165) is 38.1 Å². The second-order valence-electron chi connectivity index (χ2n) is 10.4. The summed E-state index contributed by atoms with van der Waals surface area (Å²) < 4.78 is 37.6. The molecule has 0 spiro atoms. The van der Waals surface area contributed by atoms with Crippen LogP contribution < -0.4 is 9.47 Å². The van der Waals surface area contributed by atoms with Crippen molar-refractivity contribution in [3.05, 3.63) is 83.4 Å². The SMILES string of the molecule is COc1ccc(-c2ccc(C(C)(S)c3ccc(C4CC(=O)N(C(C)(C)C)S4(=O)=O)cc3)cc2)c(OC)c1. The average molecular weight is 540 g/mol. The van der Waals surface area contributed by atoms with E-state index in [9.17, 15) is 13.2 Å². The Morgan fingerprint density at radius 2 is 1.43 bits per heavy atom. The maximum atomic E-state index is 13.2. The highest BCUT2D eigenvalue weighted by Gasteiger charge is 2.49. The molecule has 1 amide bonds. The minimum absolute atomic E-state index is 0.0482. The lowest BCUT2D eigenvalue weighted by Crippen LogP contribution is -2.45. The molecule has 0 N–H and O–H groups in total. The number of methoxy groups -OCH3 is 2. The molecule has 8 heteroatoms. The third-order valence-electron chi connectivity index (χ3n) is 6.82. The smallest absolute Gasteiger partial charge is 0.245 e. The van der Waals surface area contributed by atoms with E-state index in [1.807, 2.05) is 61.5 Å². The van der Waals surface area contributed by atoms with Gasteiger partial charge < -0.3 is 9.47 Å². The summed E-state index contributed by atoms with van der Waals surface area (Å²) in [6.07, 6.45) is -0.0482. The van der Waals surface area contributed by atoms with E-state index in [0.29, 0.717) is 5.56 Å². The molecular weight excluding hydrogens is 506 g/mol. The third-order valence-corrected chi connectivity index (χ3v) is 9.76. The van der Waals surface area contributed by atoms with Crippen LogP contribution in [-0.2, 0) is 19.6 Å². The molecule has 4 rings (SSSR count). The average Bonchev–Trinajstić information content (AvgIpc) is 3.11. The Hall–Kier alpha value is -2.97. The number of benzene rings is 3. The van der Waals surface area contributed by atoms with Gasteiger partial charge in [0.05, 0.1) is 30.9 Å².